The van der Waals surface area contributed by atoms with E-state index in [0.29, 0.717) is 0 Å². The number of methoxy groups -OCH3 is 1. The second kappa shape index (κ2) is 13.0. The Morgan fingerprint density at radius 1 is 0.852 bits per heavy atom. The fourth-order valence-corrected chi connectivity index (χ4v) is 13.7. The summed E-state index contributed by atoms with van der Waals surface area (Å²) in [5.74, 6) is -12.4. The molecule has 7 aliphatic rings. The highest BCUT2D eigenvalue weighted by Gasteiger charge is 3.07. The van der Waals surface area contributed by atoms with E-state index in [1.807, 2.05) is 0 Å². The van der Waals surface area contributed by atoms with Crippen molar-refractivity contribution in [1.29, 1.82) is 0 Å². The van der Waals surface area contributed by atoms with Gasteiger partial charge in [0.1, 0.15) is 23.6 Å². The number of furan rings is 1. The van der Waals surface area contributed by atoms with Crippen molar-refractivity contribution in [3.05, 3.63) is 35.5 Å². The molecule has 4 bridgehead atoms. The molecule has 0 radical (unpaired) electrons. The van der Waals surface area contributed by atoms with Gasteiger partial charge in [-0.25, -0.2) is 4.79 Å². The Labute approximate surface area is 351 Å². The summed E-state index contributed by atoms with van der Waals surface area (Å²) in [6, 6.07) is 1.51. The first-order valence-corrected chi connectivity index (χ1v) is 20.5. The summed E-state index contributed by atoms with van der Waals surface area (Å²) in [6.45, 7) is 16.1. The molecule has 7 fully saturated rings. The number of cyclic esters (lactones) is 1. The number of allylic oxidation sites excluding steroid dienone is 1. The van der Waals surface area contributed by atoms with Crippen LogP contribution in [0.4, 0.5) is 0 Å². The summed E-state index contributed by atoms with van der Waals surface area (Å²) in [4.78, 5) is 83.8. The van der Waals surface area contributed by atoms with Gasteiger partial charge in [0, 0.05) is 62.3 Å². The third kappa shape index (κ3) is 4.77. The van der Waals surface area contributed by atoms with Gasteiger partial charge in [0.2, 0.25) is 0 Å². The second-order valence-corrected chi connectivity index (χ2v) is 19.2. The maximum atomic E-state index is 15.0. The molecule has 3 aliphatic heterocycles. The van der Waals surface area contributed by atoms with Crippen molar-refractivity contribution < 1.29 is 86.0 Å². The Bertz CT molecular complexity index is 2150. The van der Waals surface area contributed by atoms with E-state index in [1.54, 1.807) is 48.5 Å². The van der Waals surface area contributed by atoms with Crippen molar-refractivity contribution in [2.75, 3.05) is 7.11 Å². The average Bonchev–Trinajstić information content (AvgIpc) is 3.86. The zero-order valence-corrected chi connectivity index (χ0v) is 36.3. The van der Waals surface area contributed by atoms with Gasteiger partial charge in [0.15, 0.2) is 35.1 Å². The van der Waals surface area contributed by atoms with Crippen LogP contribution in [-0.2, 0) is 71.4 Å². The quantitative estimate of drug-likeness (QED) is 0.156. The summed E-state index contributed by atoms with van der Waals surface area (Å²) < 4.78 is 64.1. The monoisotopic (exact) mass is 858 g/mol. The van der Waals surface area contributed by atoms with Gasteiger partial charge in [-0.3, -0.25) is 24.0 Å². The van der Waals surface area contributed by atoms with Gasteiger partial charge in [0.25, 0.3) is 5.97 Å². The van der Waals surface area contributed by atoms with Crippen molar-refractivity contribution in [1.82, 2.24) is 0 Å². The van der Waals surface area contributed by atoms with Crippen molar-refractivity contribution in [2.24, 2.45) is 39.9 Å². The van der Waals surface area contributed by atoms with E-state index >= 15 is 0 Å². The third-order valence-electron chi connectivity index (χ3n) is 15.3. The summed E-state index contributed by atoms with van der Waals surface area (Å²) in [5, 5.41) is 26.6. The van der Waals surface area contributed by atoms with E-state index < -0.39 is 152 Å². The molecule has 1 aromatic rings. The molecular formula is C43H54O18. The van der Waals surface area contributed by atoms with E-state index in [9.17, 15) is 39.0 Å². The standard InChI is InChI=1S/C43H54O18/c1-18(2)27(48)26-28-37(9,29(57-33(26)50)23-13-14-53-16-23)30(54-20(5)44)31(55-21(6)45)43-38(10)24(15-25(47)52-12)36(8)17-40(38)41(51,34(36)58-32(49)19(3)4)35(56-22(7)46)42(28,43)60-39(11,59-40)61-43/h13-14,16,18-19,24,28-31,34-35,48,51H,15,17H2,1-12H3/b27-26-/t24-,28+,29-,30-,31+,34-,35+,36+,37+,38+,39+,40+,41-,42+,43-/m0/s1. The van der Waals surface area contributed by atoms with E-state index in [-0.39, 0.29) is 12.0 Å². The van der Waals surface area contributed by atoms with Crippen LogP contribution >= 0.6 is 0 Å². The molecule has 4 saturated carbocycles. The number of aliphatic hydroxyl groups excluding tert-OH is 1. The van der Waals surface area contributed by atoms with Crippen molar-refractivity contribution in [3.8, 4) is 0 Å². The fourth-order valence-electron chi connectivity index (χ4n) is 13.7. The summed E-state index contributed by atoms with van der Waals surface area (Å²) in [7, 11) is 1.19. The number of esters is 6. The largest absolute Gasteiger partial charge is 0.511 e. The number of hydrogen-bond acceptors (Lipinski definition) is 18. The fraction of sp³-hybridized carbons (Fsp3) is 0.721. The molecule has 15 atom stereocenters. The van der Waals surface area contributed by atoms with Crippen LogP contribution in [0, 0.1) is 39.9 Å². The van der Waals surface area contributed by atoms with Crippen LogP contribution in [0.3, 0.4) is 0 Å². The van der Waals surface area contributed by atoms with Crippen molar-refractivity contribution >= 4 is 35.8 Å². The van der Waals surface area contributed by atoms with Crippen molar-refractivity contribution in [2.45, 2.75) is 148 Å². The van der Waals surface area contributed by atoms with Crippen LogP contribution in [0.5, 0.6) is 0 Å². The molecule has 2 N–H and O–H groups in total. The Morgan fingerprint density at radius 2 is 1.48 bits per heavy atom. The molecule has 18 heteroatoms. The van der Waals surface area contributed by atoms with Gasteiger partial charge < -0.3 is 57.3 Å². The van der Waals surface area contributed by atoms with Crippen LogP contribution in [0.25, 0.3) is 0 Å². The topological polar surface area (TPSA) is 239 Å². The molecule has 3 saturated heterocycles. The van der Waals surface area contributed by atoms with E-state index in [4.69, 9.17) is 47.0 Å². The minimum Gasteiger partial charge on any atom is -0.511 e. The van der Waals surface area contributed by atoms with Crippen molar-refractivity contribution in [3.63, 3.8) is 0 Å². The zero-order chi connectivity index (χ0) is 45.0. The van der Waals surface area contributed by atoms with Gasteiger partial charge in [-0.2, -0.15) is 0 Å². The molecule has 61 heavy (non-hydrogen) atoms. The highest BCUT2D eigenvalue weighted by molar-refractivity contribution is 5.92. The summed E-state index contributed by atoms with van der Waals surface area (Å²) in [6.07, 6.45) is -6.67. The van der Waals surface area contributed by atoms with Crippen LogP contribution in [0.2, 0.25) is 0 Å². The number of ether oxygens (including phenoxy) is 9. The van der Waals surface area contributed by atoms with Gasteiger partial charge >= 0.3 is 35.8 Å². The Balaban J connectivity index is 1.62. The first-order valence-electron chi connectivity index (χ1n) is 20.5. The average molecular weight is 859 g/mol. The molecule has 1 aromatic heterocycles. The normalized spacial score (nSPS) is 46.7. The molecule has 0 aromatic carbocycles. The number of hydrogen-bond donors (Lipinski definition) is 2. The maximum absolute atomic E-state index is 15.0. The minimum atomic E-state index is -2.63. The number of aliphatic hydroxyl groups is 2. The van der Waals surface area contributed by atoms with Crippen LogP contribution in [0.15, 0.2) is 34.3 Å². The lowest BCUT2D eigenvalue weighted by Crippen LogP contribution is -2.97. The first-order chi connectivity index (χ1) is 28.3. The number of carbonyl (C=O) groups excluding carboxylic acids is 6. The molecule has 0 amide bonds. The lowest BCUT2D eigenvalue weighted by atomic mass is 9.32. The summed E-state index contributed by atoms with van der Waals surface area (Å²) >= 11 is 0. The Kier molecular flexibility index (Phi) is 9.21. The molecule has 0 unspecified atom stereocenters. The molecular weight excluding hydrogens is 804 g/mol. The second-order valence-electron chi connectivity index (χ2n) is 19.2. The molecule has 4 heterocycles. The van der Waals surface area contributed by atoms with Gasteiger partial charge in [0.05, 0.1) is 36.5 Å². The summed E-state index contributed by atoms with van der Waals surface area (Å²) in [5.41, 5.74) is -15.1. The maximum Gasteiger partial charge on any atom is 0.338 e. The van der Waals surface area contributed by atoms with Gasteiger partial charge in [-0.1, -0.05) is 48.5 Å². The van der Waals surface area contributed by atoms with E-state index in [0.717, 1.165) is 20.8 Å². The lowest BCUT2D eigenvalue weighted by molar-refractivity contribution is -0.490. The predicted octanol–water partition coefficient (Wildman–Crippen LogP) is 3.67. The Morgan fingerprint density at radius 3 is 2.02 bits per heavy atom. The SMILES string of the molecule is COC(=O)C[C@H]1[C@@]2(C)C[C@@]34O[C@]5(C)O[C@]6([C@@H]7/C(=C(/O)C(C)C)C(=O)O[C@@H](c8ccoc8)[C@]7(C)[C@@H](OC(C)=O)[C@@H](OC(C)=O)[C@]6(O5)[C@]13C)[C@H](OC(C)=O)[C@@]4(O)[C@H]2OC(=O)C(C)C. The number of carbonyl (C=O) groups is 6. The smallest absolute Gasteiger partial charge is 0.338 e. The molecule has 334 valence electrons. The first kappa shape index (κ1) is 43.1. The Hall–Kier alpha value is -4.52. The van der Waals surface area contributed by atoms with Crippen LogP contribution in [-0.4, -0.2) is 106 Å². The molecule has 4 aliphatic carbocycles. The highest BCUT2D eigenvalue weighted by atomic mass is 16.9. The number of fused-ring (bicyclic) bond motifs is 3. The van der Waals surface area contributed by atoms with E-state index in [1.165, 1.54) is 32.6 Å². The minimum absolute atomic E-state index is 0.185. The van der Waals surface area contributed by atoms with Gasteiger partial charge in [-0.15, -0.1) is 0 Å². The lowest BCUT2D eigenvalue weighted by Gasteiger charge is -2.78. The van der Waals surface area contributed by atoms with Crippen LogP contribution < -0.4 is 0 Å². The predicted molar refractivity (Wildman–Crippen MR) is 201 cm³/mol. The van der Waals surface area contributed by atoms with E-state index in [2.05, 4.69) is 0 Å². The highest BCUT2D eigenvalue weighted by Crippen LogP contribution is 2.90. The third-order valence-corrected chi connectivity index (χ3v) is 15.3. The number of rotatable bonds is 9. The molecule has 2 spiro atoms. The zero-order valence-electron chi connectivity index (χ0n) is 36.3. The van der Waals surface area contributed by atoms with Crippen LogP contribution in [0.1, 0.15) is 101 Å². The molecule has 8 rings (SSSR count). The molecule has 18 nitrogen and oxygen atoms in total. The van der Waals surface area contributed by atoms with Gasteiger partial charge in [-0.05, 0) is 18.4 Å².